The van der Waals surface area contributed by atoms with E-state index in [0.29, 0.717) is 18.2 Å². The fourth-order valence-electron chi connectivity index (χ4n) is 2.90. The van der Waals surface area contributed by atoms with E-state index in [1.165, 1.54) is 6.42 Å². The van der Waals surface area contributed by atoms with Crippen molar-refractivity contribution in [2.45, 2.75) is 26.3 Å². The van der Waals surface area contributed by atoms with Crippen LogP contribution in [0.5, 0.6) is 0 Å². The predicted octanol–water partition coefficient (Wildman–Crippen LogP) is 2.96. The Labute approximate surface area is 136 Å². The lowest BCUT2D eigenvalue weighted by Crippen LogP contribution is -2.39. The monoisotopic (exact) mass is 310 g/mol. The van der Waals surface area contributed by atoms with Crippen LogP contribution < -0.4 is 5.32 Å². The number of aromatic nitrogens is 2. The summed E-state index contributed by atoms with van der Waals surface area (Å²) in [5.74, 6) is 0.602. The highest BCUT2D eigenvalue weighted by Crippen LogP contribution is 2.18. The molecule has 23 heavy (non-hydrogen) atoms. The summed E-state index contributed by atoms with van der Waals surface area (Å²) in [6.45, 7) is 4.55. The van der Waals surface area contributed by atoms with Crippen LogP contribution in [0.3, 0.4) is 0 Å². The number of carbonyl (C=O) groups excluding carboxylic acids is 1. The molecular formula is C18H22N4O. The summed E-state index contributed by atoms with van der Waals surface area (Å²) in [6.07, 6.45) is 7.51. The highest BCUT2D eigenvalue weighted by molar-refractivity contribution is 5.93. The van der Waals surface area contributed by atoms with Crippen LogP contribution in [0, 0.1) is 5.92 Å². The van der Waals surface area contributed by atoms with Crippen molar-refractivity contribution in [3.8, 4) is 0 Å². The second-order valence-electron chi connectivity index (χ2n) is 6.14. The van der Waals surface area contributed by atoms with Crippen LogP contribution in [-0.2, 0) is 6.54 Å². The van der Waals surface area contributed by atoms with E-state index in [0.717, 1.165) is 30.8 Å². The van der Waals surface area contributed by atoms with E-state index in [1.54, 1.807) is 18.6 Å². The van der Waals surface area contributed by atoms with Crippen LogP contribution >= 0.6 is 0 Å². The number of carbonyl (C=O) groups is 1. The Bertz CT molecular complexity index is 659. The average Bonchev–Trinajstić information content (AvgIpc) is 2.60. The maximum Gasteiger partial charge on any atom is 0.272 e. The molecule has 1 atom stereocenters. The summed E-state index contributed by atoms with van der Waals surface area (Å²) in [7, 11) is 0. The van der Waals surface area contributed by atoms with Crippen molar-refractivity contribution in [3.63, 3.8) is 0 Å². The van der Waals surface area contributed by atoms with Crippen LogP contribution in [-0.4, -0.2) is 33.9 Å². The topological polar surface area (TPSA) is 58.1 Å². The molecule has 3 rings (SSSR count). The van der Waals surface area contributed by atoms with Crippen molar-refractivity contribution in [1.82, 2.24) is 14.9 Å². The normalized spacial score (nSPS) is 17.8. The summed E-state index contributed by atoms with van der Waals surface area (Å²) in [5.41, 5.74) is 2.57. The first-order valence-corrected chi connectivity index (χ1v) is 8.10. The van der Waals surface area contributed by atoms with E-state index < -0.39 is 0 Å². The van der Waals surface area contributed by atoms with Gasteiger partial charge in [0, 0.05) is 43.9 Å². The summed E-state index contributed by atoms with van der Waals surface area (Å²) >= 11 is 0. The molecule has 5 heteroatoms. The number of likely N-dealkylation sites (tertiary alicyclic amines) is 1. The van der Waals surface area contributed by atoms with E-state index >= 15 is 0 Å². The maximum atomic E-state index is 12.6. The first-order chi connectivity index (χ1) is 11.2. The Kier molecular flexibility index (Phi) is 4.86. The van der Waals surface area contributed by atoms with Gasteiger partial charge in [-0.25, -0.2) is 0 Å². The number of anilines is 1. The summed E-state index contributed by atoms with van der Waals surface area (Å²) in [6, 6.07) is 7.66. The highest BCUT2D eigenvalue weighted by atomic mass is 16.2. The third kappa shape index (κ3) is 4.06. The zero-order chi connectivity index (χ0) is 16.1. The number of pyridine rings is 2. The van der Waals surface area contributed by atoms with Gasteiger partial charge in [0.25, 0.3) is 5.91 Å². The molecule has 1 amide bonds. The maximum absolute atomic E-state index is 12.6. The second-order valence-corrected chi connectivity index (χ2v) is 6.14. The summed E-state index contributed by atoms with van der Waals surface area (Å²) in [4.78, 5) is 22.8. The first-order valence-electron chi connectivity index (χ1n) is 8.10. The SMILES string of the molecule is CC1CCCN(C(=O)c2cc(NCc3ccncc3)ccn2)C1. The van der Waals surface area contributed by atoms with E-state index in [-0.39, 0.29) is 5.91 Å². The van der Waals surface area contributed by atoms with Crippen molar-refractivity contribution in [2.24, 2.45) is 5.92 Å². The van der Waals surface area contributed by atoms with E-state index in [9.17, 15) is 4.79 Å². The Hall–Kier alpha value is -2.43. The number of nitrogens with zero attached hydrogens (tertiary/aromatic N) is 3. The molecule has 0 saturated carbocycles. The minimum Gasteiger partial charge on any atom is -0.381 e. The number of hydrogen-bond donors (Lipinski definition) is 1. The van der Waals surface area contributed by atoms with E-state index in [4.69, 9.17) is 0 Å². The van der Waals surface area contributed by atoms with Crippen molar-refractivity contribution in [2.75, 3.05) is 18.4 Å². The van der Waals surface area contributed by atoms with E-state index in [2.05, 4.69) is 22.2 Å². The Morgan fingerprint density at radius 2 is 2.13 bits per heavy atom. The second kappa shape index (κ2) is 7.22. The highest BCUT2D eigenvalue weighted by Gasteiger charge is 2.22. The number of rotatable bonds is 4. The fraction of sp³-hybridized carbons (Fsp3) is 0.389. The Morgan fingerprint density at radius 3 is 2.91 bits per heavy atom. The Morgan fingerprint density at radius 1 is 1.30 bits per heavy atom. The third-order valence-corrected chi connectivity index (χ3v) is 4.17. The Balaban J connectivity index is 1.66. The van der Waals surface area contributed by atoms with Gasteiger partial charge in [-0.2, -0.15) is 0 Å². The lowest BCUT2D eigenvalue weighted by atomic mass is 10.00. The molecule has 0 aromatic carbocycles. The number of hydrogen-bond acceptors (Lipinski definition) is 4. The molecule has 0 bridgehead atoms. The number of amides is 1. The van der Waals surface area contributed by atoms with Crippen molar-refractivity contribution in [1.29, 1.82) is 0 Å². The largest absolute Gasteiger partial charge is 0.381 e. The smallest absolute Gasteiger partial charge is 0.272 e. The van der Waals surface area contributed by atoms with Gasteiger partial charge in [0.1, 0.15) is 5.69 Å². The zero-order valence-corrected chi connectivity index (χ0v) is 13.4. The number of nitrogens with one attached hydrogen (secondary N) is 1. The van der Waals surface area contributed by atoms with Gasteiger partial charge in [0.2, 0.25) is 0 Å². The van der Waals surface area contributed by atoms with Gasteiger partial charge in [-0.15, -0.1) is 0 Å². The summed E-state index contributed by atoms with van der Waals surface area (Å²) in [5, 5.41) is 3.33. The van der Waals surface area contributed by atoms with Crippen LogP contribution in [0.2, 0.25) is 0 Å². The van der Waals surface area contributed by atoms with E-state index in [1.807, 2.05) is 29.2 Å². The molecule has 2 aromatic heterocycles. The molecule has 3 heterocycles. The molecule has 2 aromatic rings. The molecule has 1 N–H and O–H groups in total. The van der Waals surface area contributed by atoms with Gasteiger partial charge in [0.15, 0.2) is 0 Å². The predicted molar refractivity (Wildman–Crippen MR) is 90.1 cm³/mol. The minimum absolute atomic E-state index is 0.0316. The fourth-order valence-corrected chi connectivity index (χ4v) is 2.90. The molecule has 0 spiro atoms. The van der Waals surface area contributed by atoms with Gasteiger partial charge in [-0.05, 0) is 48.6 Å². The van der Waals surface area contributed by atoms with Gasteiger partial charge in [-0.3, -0.25) is 14.8 Å². The molecule has 1 saturated heterocycles. The van der Waals surface area contributed by atoms with Crippen LogP contribution in [0.1, 0.15) is 35.8 Å². The van der Waals surface area contributed by atoms with Gasteiger partial charge < -0.3 is 10.2 Å². The van der Waals surface area contributed by atoms with Crippen molar-refractivity contribution >= 4 is 11.6 Å². The van der Waals surface area contributed by atoms with Crippen molar-refractivity contribution < 1.29 is 4.79 Å². The third-order valence-electron chi connectivity index (χ3n) is 4.17. The first kappa shape index (κ1) is 15.5. The lowest BCUT2D eigenvalue weighted by molar-refractivity contribution is 0.0677. The molecular weight excluding hydrogens is 288 g/mol. The molecule has 1 aliphatic rings. The minimum atomic E-state index is 0.0316. The van der Waals surface area contributed by atoms with Crippen LogP contribution in [0.4, 0.5) is 5.69 Å². The zero-order valence-electron chi connectivity index (χ0n) is 13.4. The van der Waals surface area contributed by atoms with Crippen LogP contribution in [0.15, 0.2) is 42.9 Å². The molecule has 0 radical (unpaired) electrons. The summed E-state index contributed by atoms with van der Waals surface area (Å²) < 4.78 is 0. The molecule has 1 unspecified atom stereocenters. The lowest BCUT2D eigenvalue weighted by Gasteiger charge is -2.30. The molecule has 0 aliphatic carbocycles. The van der Waals surface area contributed by atoms with Crippen LogP contribution in [0.25, 0.3) is 0 Å². The number of piperidine rings is 1. The standard InChI is InChI=1S/C18H22N4O/c1-14-3-2-10-22(13-14)18(23)17-11-16(6-9-20-17)21-12-15-4-7-19-8-5-15/h4-9,11,14H,2-3,10,12-13H2,1H3,(H,20,21). The van der Waals surface area contributed by atoms with Gasteiger partial charge in [-0.1, -0.05) is 6.92 Å². The van der Waals surface area contributed by atoms with Gasteiger partial charge in [0.05, 0.1) is 0 Å². The molecule has 5 nitrogen and oxygen atoms in total. The molecule has 120 valence electrons. The van der Waals surface area contributed by atoms with Gasteiger partial charge >= 0.3 is 0 Å². The quantitative estimate of drug-likeness (QED) is 0.943. The van der Waals surface area contributed by atoms with Crippen molar-refractivity contribution in [3.05, 3.63) is 54.1 Å². The average molecular weight is 310 g/mol. The molecule has 1 fully saturated rings. The molecule has 1 aliphatic heterocycles.